The van der Waals surface area contributed by atoms with Gasteiger partial charge >= 0.3 is 0 Å². The number of aromatic nitrogens is 1. The Balaban J connectivity index is 1.29. The lowest BCUT2D eigenvalue weighted by molar-refractivity contribution is -0.130. The van der Waals surface area contributed by atoms with E-state index >= 15 is 0 Å². The van der Waals surface area contributed by atoms with Crippen molar-refractivity contribution in [3.63, 3.8) is 0 Å². The van der Waals surface area contributed by atoms with Crippen molar-refractivity contribution in [3.05, 3.63) is 59.8 Å². The van der Waals surface area contributed by atoms with E-state index in [0.29, 0.717) is 12.5 Å². The number of carbonyl (C=O) groups excluding carboxylic acids is 1. The third-order valence-electron chi connectivity index (χ3n) is 7.12. The van der Waals surface area contributed by atoms with Crippen LogP contribution in [0.3, 0.4) is 0 Å². The Labute approximate surface area is 193 Å². The van der Waals surface area contributed by atoms with Crippen LogP contribution in [-0.2, 0) is 4.79 Å². The van der Waals surface area contributed by atoms with E-state index in [-0.39, 0.29) is 11.9 Å². The molecule has 1 aromatic heterocycles. The number of hydrogen-bond donors (Lipinski definition) is 1. The first kappa shape index (κ1) is 22.8. The number of amides is 1. The first-order valence-corrected chi connectivity index (χ1v) is 12.4. The molecule has 1 aromatic carbocycles. The number of anilines is 1. The van der Waals surface area contributed by atoms with E-state index in [1.807, 2.05) is 29.3 Å². The second-order valence-electron chi connectivity index (χ2n) is 9.66. The summed E-state index contributed by atoms with van der Waals surface area (Å²) in [6, 6.07) is 15.4. The van der Waals surface area contributed by atoms with Crippen molar-refractivity contribution in [1.29, 1.82) is 0 Å². The number of carbonyl (C=O) groups is 1. The molecule has 1 saturated carbocycles. The molecule has 1 amide bonds. The molecule has 1 saturated heterocycles. The first-order valence-electron chi connectivity index (χ1n) is 12.4. The van der Waals surface area contributed by atoms with Crippen molar-refractivity contribution in [1.82, 2.24) is 15.2 Å². The molecule has 2 fully saturated rings. The van der Waals surface area contributed by atoms with E-state index in [2.05, 4.69) is 53.3 Å². The van der Waals surface area contributed by atoms with Crippen molar-refractivity contribution in [3.8, 4) is 0 Å². The summed E-state index contributed by atoms with van der Waals surface area (Å²) in [5.74, 6) is 2.34. The van der Waals surface area contributed by atoms with E-state index in [4.69, 9.17) is 0 Å². The quantitative estimate of drug-likeness (QED) is 0.682. The smallest absolute Gasteiger partial charge is 0.236 e. The molecule has 2 aliphatic rings. The fourth-order valence-corrected chi connectivity index (χ4v) is 5.18. The molecule has 0 bridgehead atoms. The fraction of sp³-hybridized carbons (Fsp3) is 0.556. The second kappa shape index (κ2) is 11.0. The van der Waals surface area contributed by atoms with Gasteiger partial charge in [-0.25, -0.2) is 4.98 Å². The van der Waals surface area contributed by atoms with Crippen LogP contribution >= 0.6 is 0 Å². The lowest BCUT2D eigenvalue weighted by Crippen LogP contribution is -2.51. The minimum Gasteiger partial charge on any atom is -0.353 e. The Bertz CT molecular complexity index is 838. The highest BCUT2D eigenvalue weighted by Gasteiger charge is 2.24. The van der Waals surface area contributed by atoms with E-state index in [9.17, 15) is 4.79 Å². The van der Waals surface area contributed by atoms with Crippen molar-refractivity contribution in [2.24, 2.45) is 5.92 Å². The zero-order chi connectivity index (χ0) is 22.3. The Morgan fingerprint density at radius 3 is 2.34 bits per heavy atom. The fourth-order valence-electron chi connectivity index (χ4n) is 5.18. The lowest BCUT2D eigenvalue weighted by Gasteiger charge is -2.36. The summed E-state index contributed by atoms with van der Waals surface area (Å²) in [5.41, 5.74) is 2.77. The number of pyridine rings is 1. The molecule has 32 heavy (non-hydrogen) atoms. The van der Waals surface area contributed by atoms with Crippen LogP contribution in [0.5, 0.6) is 0 Å². The molecule has 0 spiro atoms. The maximum absolute atomic E-state index is 12.9. The summed E-state index contributed by atoms with van der Waals surface area (Å²) < 4.78 is 0. The molecule has 1 atom stereocenters. The van der Waals surface area contributed by atoms with Gasteiger partial charge in [0.1, 0.15) is 5.82 Å². The van der Waals surface area contributed by atoms with E-state index in [1.54, 1.807) is 0 Å². The van der Waals surface area contributed by atoms with Gasteiger partial charge in [0.15, 0.2) is 0 Å². The minimum absolute atomic E-state index is 0.189. The molecule has 5 heteroatoms. The van der Waals surface area contributed by atoms with Gasteiger partial charge in [0, 0.05) is 38.4 Å². The third kappa shape index (κ3) is 5.69. The number of nitrogens with zero attached hydrogens (tertiary/aromatic N) is 3. The van der Waals surface area contributed by atoms with Gasteiger partial charge in [-0.15, -0.1) is 0 Å². The highest BCUT2D eigenvalue weighted by atomic mass is 16.2. The van der Waals surface area contributed by atoms with E-state index < -0.39 is 0 Å². The predicted molar refractivity (Wildman–Crippen MR) is 131 cm³/mol. The van der Waals surface area contributed by atoms with Gasteiger partial charge in [0.05, 0.1) is 6.54 Å². The number of piperazine rings is 1. The Morgan fingerprint density at radius 2 is 1.72 bits per heavy atom. The van der Waals surface area contributed by atoms with Gasteiger partial charge < -0.3 is 15.1 Å². The Hall–Kier alpha value is -2.40. The van der Waals surface area contributed by atoms with Crippen molar-refractivity contribution >= 4 is 11.7 Å². The molecule has 2 heterocycles. The van der Waals surface area contributed by atoms with Crippen LogP contribution in [0.25, 0.3) is 0 Å². The van der Waals surface area contributed by atoms with E-state index in [0.717, 1.165) is 37.9 Å². The average Bonchev–Trinajstić information content (AvgIpc) is 2.85. The standard InChI is InChI=1S/C27H38N4O/c1-21(2)27(24-13-11-23(12-14-24)22-8-4-3-5-9-22)29-20-26(32)31-18-16-30(17-19-31)25-10-6-7-15-28-25/h6-7,10-15,21-22,27,29H,3-5,8-9,16-20H2,1-2H3. The highest BCUT2D eigenvalue weighted by molar-refractivity contribution is 5.78. The van der Waals surface area contributed by atoms with Crippen LogP contribution < -0.4 is 10.2 Å². The predicted octanol–water partition coefficient (Wildman–Crippen LogP) is 4.76. The zero-order valence-electron chi connectivity index (χ0n) is 19.7. The van der Waals surface area contributed by atoms with Gasteiger partial charge in [0.25, 0.3) is 0 Å². The molecule has 2 aromatic rings. The molecule has 0 radical (unpaired) electrons. The van der Waals surface area contributed by atoms with Crippen LogP contribution in [-0.4, -0.2) is 48.5 Å². The normalized spacial score (nSPS) is 18.7. The molecule has 1 aliphatic heterocycles. The van der Waals surface area contributed by atoms with Crippen LogP contribution in [0.2, 0.25) is 0 Å². The monoisotopic (exact) mass is 434 g/mol. The van der Waals surface area contributed by atoms with E-state index in [1.165, 1.54) is 43.2 Å². The summed E-state index contributed by atoms with van der Waals surface area (Å²) in [6.07, 6.45) is 8.59. The molecule has 1 unspecified atom stereocenters. The van der Waals surface area contributed by atoms with Crippen LogP contribution in [0.4, 0.5) is 5.82 Å². The van der Waals surface area contributed by atoms with Crippen LogP contribution in [0, 0.1) is 5.92 Å². The number of nitrogens with one attached hydrogen (secondary N) is 1. The number of benzene rings is 1. The van der Waals surface area contributed by atoms with Crippen LogP contribution in [0.15, 0.2) is 48.7 Å². The Kier molecular flexibility index (Phi) is 7.80. The SMILES string of the molecule is CC(C)C(NCC(=O)N1CCN(c2ccccn2)CC1)c1ccc(C2CCCCC2)cc1. The van der Waals surface area contributed by atoms with Crippen molar-refractivity contribution in [2.45, 2.75) is 57.9 Å². The van der Waals surface area contributed by atoms with Gasteiger partial charge in [-0.3, -0.25) is 4.79 Å². The molecule has 1 N–H and O–H groups in total. The topological polar surface area (TPSA) is 48.5 Å². The van der Waals surface area contributed by atoms with Gasteiger partial charge in [0.2, 0.25) is 5.91 Å². The van der Waals surface area contributed by atoms with Gasteiger partial charge in [-0.2, -0.15) is 0 Å². The third-order valence-corrected chi connectivity index (χ3v) is 7.12. The molecule has 4 rings (SSSR count). The molecule has 5 nitrogen and oxygen atoms in total. The summed E-state index contributed by atoms with van der Waals surface area (Å²) in [6.45, 7) is 8.00. The average molecular weight is 435 g/mol. The summed E-state index contributed by atoms with van der Waals surface area (Å²) in [7, 11) is 0. The lowest BCUT2D eigenvalue weighted by atomic mass is 9.83. The van der Waals surface area contributed by atoms with Gasteiger partial charge in [-0.1, -0.05) is 63.4 Å². The number of rotatable bonds is 7. The van der Waals surface area contributed by atoms with Crippen molar-refractivity contribution in [2.75, 3.05) is 37.6 Å². The molecular formula is C27H38N4O. The molecule has 172 valence electrons. The second-order valence-corrected chi connectivity index (χ2v) is 9.66. The highest BCUT2D eigenvalue weighted by Crippen LogP contribution is 2.33. The first-order chi connectivity index (χ1) is 15.6. The number of hydrogen-bond acceptors (Lipinski definition) is 4. The maximum Gasteiger partial charge on any atom is 0.236 e. The van der Waals surface area contributed by atoms with Crippen molar-refractivity contribution < 1.29 is 4.79 Å². The Morgan fingerprint density at radius 1 is 1.00 bits per heavy atom. The minimum atomic E-state index is 0.189. The van der Waals surface area contributed by atoms with Crippen LogP contribution in [0.1, 0.15) is 69.0 Å². The molecule has 1 aliphatic carbocycles. The summed E-state index contributed by atoms with van der Waals surface area (Å²) in [5, 5.41) is 3.56. The largest absolute Gasteiger partial charge is 0.353 e. The maximum atomic E-state index is 12.9. The molecular weight excluding hydrogens is 396 g/mol. The zero-order valence-corrected chi connectivity index (χ0v) is 19.7. The van der Waals surface area contributed by atoms with Gasteiger partial charge in [-0.05, 0) is 47.9 Å². The summed E-state index contributed by atoms with van der Waals surface area (Å²) in [4.78, 5) is 21.6. The summed E-state index contributed by atoms with van der Waals surface area (Å²) >= 11 is 0.